The normalized spacial score (nSPS) is 10.4. The monoisotopic (exact) mass is 236 g/mol. The second kappa shape index (κ2) is 6.18. The fraction of sp³-hybridized carbons (Fsp3) is 0.583. The summed E-state index contributed by atoms with van der Waals surface area (Å²) in [5.41, 5.74) is 0.936. The van der Waals surface area contributed by atoms with E-state index in [2.05, 4.69) is 34.4 Å². The number of carbonyl (C=O) groups excluding carboxylic acids is 1. The Labute approximate surface area is 102 Å². The second-order valence-electron chi connectivity index (χ2n) is 4.26. The minimum absolute atomic E-state index is 0.0207. The highest BCUT2D eigenvalue weighted by molar-refractivity contribution is 5.76. The average molecular weight is 236 g/mol. The molecule has 5 nitrogen and oxygen atoms in total. The topological polar surface area (TPSA) is 66.9 Å². The zero-order valence-corrected chi connectivity index (χ0v) is 10.9. The zero-order chi connectivity index (χ0) is 12.8. The highest BCUT2D eigenvalue weighted by Gasteiger charge is 2.06. The van der Waals surface area contributed by atoms with E-state index in [0.717, 1.165) is 17.3 Å². The van der Waals surface area contributed by atoms with Crippen LogP contribution >= 0.6 is 0 Å². The molecule has 0 aliphatic rings. The molecule has 0 unspecified atom stereocenters. The first-order chi connectivity index (χ1) is 8.02. The van der Waals surface area contributed by atoms with Gasteiger partial charge in [0.15, 0.2) is 0 Å². The van der Waals surface area contributed by atoms with Crippen molar-refractivity contribution < 1.29 is 4.79 Å². The molecule has 17 heavy (non-hydrogen) atoms. The van der Waals surface area contributed by atoms with E-state index >= 15 is 0 Å². The van der Waals surface area contributed by atoms with Crippen molar-refractivity contribution in [1.82, 2.24) is 15.3 Å². The van der Waals surface area contributed by atoms with E-state index in [1.807, 2.05) is 13.0 Å². The van der Waals surface area contributed by atoms with Gasteiger partial charge in [-0.1, -0.05) is 13.8 Å². The summed E-state index contributed by atoms with van der Waals surface area (Å²) in [5, 5.41) is 5.71. The number of amides is 1. The Morgan fingerprint density at radius 1 is 1.41 bits per heavy atom. The molecular weight excluding hydrogens is 216 g/mol. The number of carbonyl (C=O) groups is 1. The van der Waals surface area contributed by atoms with Crippen LogP contribution in [0.25, 0.3) is 0 Å². The Morgan fingerprint density at radius 3 is 2.71 bits per heavy atom. The Morgan fingerprint density at radius 2 is 2.12 bits per heavy atom. The van der Waals surface area contributed by atoms with Crippen LogP contribution in [0.3, 0.4) is 0 Å². The number of aryl methyl sites for hydroxylation is 1. The van der Waals surface area contributed by atoms with Crippen LogP contribution in [0, 0.1) is 6.92 Å². The van der Waals surface area contributed by atoms with Crippen LogP contribution in [0.15, 0.2) is 6.07 Å². The van der Waals surface area contributed by atoms with Crippen LogP contribution in [0.5, 0.6) is 0 Å². The van der Waals surface area contributed by atoms with Crippen molar-refractivity contribution in [2.45, 2.75) is 33.1 Å². The van der Waals surface area contributed by atoms with Crippen LogP contribution in [0.4, 0.5) is 5.82 Å². The van der Waals surface area contributed by atoms with Gasteiger partial charge < -0.3 is 10.6 Å². The van der Waals surface area contributed by atoms with E-state index in [1.54, 1.807) is 7.05 Å². The fourth-order valence-electron chi connectivity index (χ4n) is 1.37. The molecule has 1 aromatic rings. The van der Waals surface area contributed by atoms with Crippen molar-refractivity contribution in [3.8, 4) is 0 Å². The quantitative estimate of drug-likeness (QED) is 0.812. The number of aromatic nitrogens is 2. The molecule has 0 spiro atoms. The van der Waals surface area contributed by atoms with Gasteiger partial charge in [-0.2, -0.15) is 0 Å². The molecule has 1 amide bonds. The molecule has 0 saturated carbocycles. The molecule has 0 aliphatic heterocycles. The van der Waals surface area contributed by atoms with Crippen LogP contribution in [-0.2, 0) is 4.79 Å². The summed E-state index contributed by atoms with van der Waals surface area (Å²) in [6, 6.07) is 1.88. The SMILES string of the molecule is CNC(=O)CCNc1cc(C)nc(C(C)C)n1. The van der Waals surface area contributed by atoms with Crippen LogP contribution < -0.4 is 10.6 Å². The third-order valence-corrected chi connectivity index (χ3v) is 2.32. The molecule has 0 atom stereocenters. The summed E-state index contributed by atoms with van der Waals surface area (Å²) in [5.74, 6) is 1.93. The standard InChI is InChI=1S/C12H20N4O/c1-8(2)12-15-9(3)7-10(16-12)14-6-5-11(17)13-4/h7-8H,5-6H2,1-4H3,(H,13,17)(H,14,15,16). The van der Waals surface area contributed by atoms with Gasteiger partial charge in [0.05, 0.1) is 0 Å². The third-order valence-electron chi connectivity index (χ3n) is 2.32. The van der Waals surface area contributed by atoms with Gasteiger partial charge in [-0.3, -0.25) is 4.79 Å². The van der Waals surface area contributed by atoms with Gasteiger partial charge in [0, 0.05) is 37.7 Å². The van der Waals surface area contributed by atoms with Gasteiger partial charge in [0.1, 0.15) is 11.6 Å². The molecular formula is C12H20N4O. The molecule has 0 radical (unpaired) electrons. The van der Waals surface area contributed by atoms with Crippen molar-refractivity contribution in [3.05, 3.63) is 17.6 Å². The number of anilines is 1. The average Bonchev–Trinajstić information content (AvgIpc) is 2.28. The Kier molecular flexibility index (Phi) is 4.87. The lowest BCUT2D eigenvalue weighted by molar-refractivity contribution is -0.120. The minimum Gasteiger partial charge on any atom is -0.369 e. The zero-order valence-electron chi connectivity index (χ0n) is 10.9. The maximum atomic E-state index is 11.1. The molecule has 1 rings (SSSR count). The molecule has 1 aromatic heterocycles. The molecule has 0 fully saturated rings. The van der Waals surface area contributed by atoms with E-state index in [4.69, 9.17) is 0 Å². The van der Waals surface area contributed by atoms with Crippen molar-refractivity contribution >= 4 is 11.7 Å². The first-order valence-corrected chi connectivity index (χ1v) is 5.83. The molecule has 0 aliphatic carbocycles. The predicted octanol–water partition coefficient (Wildman–Crippen LogP) is 1.46. The fourth-order valence-corrected chi connectivity index (χ4v) is 1.37. The summed E-state index contributed by atoms with van der Waals surface area (Å²) < 4.78 is 0. The second-order valence-corrected chi connectivity index (χ2v) is 4.26. The Balaban J connectivity index is 2.62. The largest absolute Gasteiger partial charge is 0.369 e. The van der Waals surface area contributed by atoms with Gasteiger partial charge in [0.2, 0.25) is 5.91 Å². The summed E-state index contributed by atoms with van der Waals surface area (Å²) in [6.07, 6.45) is 0.441. The van der Waals surface area contributed by atoms with E-state index < -0.39 is 0 Å². The summed E-state index contributed by atoms with van der Waals surface area (Å²) in [4.78, 5) is 19.8. The van der Waals surface area contributed by atoms with Gasteiger partial charge >= 0.3 is 0 Å². The van der Waals surface area contributed by atoms with Crippen LogP contribution in [0.2, 0.25) is 0 Å². The number of nitrogens with one attached hydrogen (secondary N) is 2. The van der Waals surface area contributed by atoms with Crippen LogP contribution in [0.1, 0.15) is 37.7 Å². The Hall–Kier alpha value is -1.65. The molecule has 0 aromatic carbocycles. The Bertz CT molecular complexity index is 390. The minimum atomic E-state index is 0.0207. The first kappa shape index (κ1) is 13.4. The van der Waals surface area contributed by atoms with Gasteiger partial charge in [-0.05, 0) is 6.92 Å². The third kappa shape index (κ3) is 4.38. The van der Waals surface area contributed by atoms with Crippen LogP contribution in [-0.4, -0.2) is 29.5 Å². The molecule has 1 heterocycles. The van der Waals surface area contributed by atoms with Crippen molar-refractivity contribution in [2.24, 2.45) is 0 Å². The molecule has 5 heteroatoms. The van der Waals surface area contributed by atoms with Gasteiger partial charge in [-0.15, -0.1) is 0 Å². The van der Waals surface area contributed by atoms with E-state index in [-0.39, 0.29) is 5.91 Å². The summed E-state index contributed by atoms with van der Waals surface area (Å²) in [6.45, 7) is 6.64. The van der Waals surface area contributed by atoms with Gasteiger partial charge in [0.25, 0.3) is 0 Å². The highest BCUT2D eigenvalue weighted by atomic mass is 16.1. The summed E-state index contributed by atoms with van der Waals surface area (Å²) >= 11 is 0. The smallest absolute Gasteiger partial charge is 0.221 e. The predicted molar refractivity (Wildman–Crippen MR) is 68.0 cm³/mol. The molecule has 0 saturated heterocycles. The number of nitrogens with zero attached hydrogens (tertiary/aromatic N) is 2. The lowest BCUT2D eigenvalue weighted by Crippen LogP contribution is -2.21. The maximum Gasteiger partial charge on any atom is 0.221 e. The number of hydrogen-bond acceptors (Lipinski definition) is 4. The molecule has 2 N–H and O–H groups in total. The van der Waals surface area contributed by atoms with Crippen molar-refractivity contribution in [2.75, 3.05) is 18.9 Å². The van der Waals surface area contributed by atoms with Gasteiger partial charge in [-0.25, -0.2) is 9.97 Å². The van der Waals surface area contributed by atoms with E-state index in [9.17, 15) is 4.79 Å². The lowest BCUT2D eigenvalue weighted by atomic mass is 10.2. The molecule has 0 bridgehead atoms. The first-order valence-electron chi connectivity index (χ1n) is 5.83. The lowest BCUT2D eigenvalue weighted by Gasteiger charge is -2.09. The number of hydrogen-bond donors (Lipinski definition) is 2. The maximum absolute atomic E-state index is 11.1. The van der Waals surface area contributed by atoms with E-state index in [0.29, 0.717) is 18.9 Å². The van der Waals surface area contributed by atoms with E-state index in [1.165, 1.54) is 0 Å². The highest BCUT2D eigenvalue weighted by Crippen LogP contribution is 2.13. The molecule has 94 valence electrons. The van der Waals surface area contributed by atoms with Crippen molar-refractivity contribution in [3.63, 3.8) is 0 Å². The number of rotatable bonds is 5. The summed E-state index contributed by atoms with van der Waals surface area (Å²) in [7, 11) is 1.63. The van der Waals surface area contributed by atoms with Crippen molar-refractivity contribution in [1.29, 1.82) is 0 Å².